The number of nitrogens with one attached hydrogen (secondary N) is 1. The van der Waals surface area contributed by atoms with Crippen molar-refractivity contribution in [2.45, 2.75) is 59.5 Å². The normalized spacial score (nSPS) is 12.2. The number of rotatable bonds is 15. The monoisotopic (exact) mass is 531 g/mol. The zero-order chi connectivity index (χ0) is 27.4. The Hall–Kier alpha value is -3.07. The summed E-state index contributed by atoms with van der Waals surface area (Å²) in [7, 11) is -3.56. The molecule has 2 aromatic rings. The molecule has 2 aromatic carbocycles. The lowest BCUT2D eigenvalue weighted by atomic mass is 10.1. The highest BCUT2D eigenvalue weighted by atomic mass is 32.2. The van der Waals surface area contributed by atoms with Crippen LogP contribution in [0.3, 0.4) is 0 Å². The zero-order valence-corrected chi connectivity index (χ0v) is 23.5. The molecule has 9 heteroatoms. The molecule has 204 valence electrons. The molecular formula is C28H41N3O5S. The first kappa shape index (κ1) is 30.2. The molecular weight excluding hydrogens is 490 g/mol. The maximum Gasteiger partial charge on any atom is 0.242 e. The van der Waals surface area contributed by atoms with Gasteiger partial charge >= 0.3 is 0 Å². The number of hydrogen-bond donors (Lipinski definition) is 1. The second kappa shape index (κ2) is 14.6. The lowest BCUT2D eigenvalue weighted by molar-refractivity contribution is -0.141. The second-order valence-electron chi connectivity index (χ2n) is 9.44. The van der Waals surface area contributed by atoms with Crippen molar-refractivity contribution in [2.75, 3.05) is 30.3 Å². The van der Waals surface area contributed by atoms with E-state index in [2.05, 4.69) is 5.32 Å². The van der Waals surface area contributed by atoms with Crippen molar-refractivity contribution in [3.05, 3.63) is 60.2 Å². The number of carbonyl (C=O) groups excluding carboxylic acids is 2. The van der Waals surface area contributed by atoms with Crippen molar-refractivity contribution in [3.8, 4) is 5.75 Å². The smallest absolute Gasteiger partial charge is 0.242 e. The van der Waals surface area contributed by atoms with Crippen LogP contribution in [0.25, 0.3) is 0 Å². The quantitative estimate of drug-likeness (QED) is 0.371. The molecule has 0 saturated heterocycles. The molecule has 2 rings (SSSR count). The lowest BCUT2D eigenvalue weighted by Gasteiger charge is -2.31. The van der Waals surface area contributed by atoms with Gasteiger partial charge in [-0.3, -0.25) is 13.9 Å². The van der Waals surface area contributed by atoms with Crippen LogP contribution in [0, 0.1) is 5.92 Å². The third-order valence-corrected chi connectivity index (χ3v) is 7.05. The number of hydrogen-bond acceptors (Lipinski definition) is 5. The Morgan fingerprint density at radius 1 is 1.00 bits per heavy atom. The number of sulfonamides is 1. The first-order chi connectivity index (χ1) is 17.6. The molecule has 0 radical (unpaired) electrons. The van der Waals surface area contributed by atoms with Crippen LogP contribution in [-0.2, 0) is 26.2 Å². The number of nitrogens with zero attached hydrogens (tertiary/aromatic N) is 2. The third-order valence-electron chi connectivity index (χ3n) is 5.85. The van der Waals surface area contributed by atoms with E-state index in [9.17, 15) is 18.0 Å². The molecule has 0 fully saturated rings. The minimum Gasteiger partial charge on any atom is -0.494 e. The molecule has 0 saturated carbocycles. The minimum absolute atomic E-state index is 0.115. The first-order valence-corrected chi connectivity index (χ1v) is 14.7. The summed E-state index contributed by atoms with van der Waals surface area (Å²) in [4.78, 5) is 28.0. The molecule has 0 aromatic heterocycles. The number of carbonyl (C=O) groups is 2. The molecule has 8 nitrogen and oxygen atoms in total. The van der Waals surface area contributed by atoms with Gasteiger partial charge in [-0.15, -0.1) is 0 Å². The number of benzene rings is 2. The van der Waals surface area contributed by atoms with E-state index < -0.39 is 16.1 Å². The van der Waals surface area contributed by atoms with E-state index in [-0.39, 0.29) is 24.8 Å². The van der Waals surface area contributed by atoms with Gasteiger partial charge in [-0.2, -0.15) is 0 Å². The summed E-state index contributed by atoms with van der Waals surface area (Å²) >= 11 is 0. The van der Waals surface area contributed by atoms with Gasteiger partial charge < -0.3 is 15.0 Å². The Balaban J connectivity index is 2.16. The standard InChI is InChI=1S/C28H41N3O5S/c1-6-26(28(33)29-20-22(3)4)30(21-23-12-9-8-10-13-23)27(32)14-11-19-31(37(5,34)35)24-15-17-25(18-16-24)36-7-2/h8-10,12-13,15-18,22,26H,6-7,11,14,19-21H2,1-5H3,(H,29,33)/t26-/m1/s1. The summed E-state index contributed by atoms with van der Waals surface area (Å²) in [5.74, 6) is 0.597. The fourth-order valence-corrected chi connectivity index (χ4v) is 4.97. The number of ether oxygens (including phenoxy) is 1. The van der Waals surface area contributed by atoms with Crippen molar-refractivity contribution in [2.24, 2.45) is 5.92 Å². The topological polar surface area (TPSA) is 96.0 Å². The average molecular weight is 532 g/mol. The summed E-state index contributed by atoms with van der Waals surface area (Å²) in [5.41, 5.74) is 1.44. The fourth-order valence-electron chi connectivity index (χ4n) is 4.00. The second-order valence-corrected chi connectivity index (χ2v) is 11.3. The number of amides is 2. The summed E-state index contributed by atoms with van der Waals surface area (Å²) < 4.78 is 31.8. The molecule has 0 spiro atoms. The van der Waals surface area contributed by atoms with Crippen molar-refractivity contribution in [1.29, 1.82) is 0 Å². The summed E-state index contributed by atoms with van der Waals surface area (Å²) in [6, 6.07) is 15.8. The zero-order valence-electron chi connectivity index (χ0n) is 22.6. The van der Waals surface area contributed by atoms with Crippen LogP contribution in [0.1, 0.15) is 52.5 Å². The van der Waals surface area contributed by atoms with Gasteiger partial charge in [0.05, 0.1) is 18.6 Å². The van der Waals surface area contributed by atoms with Crippen molar-refractivity contribution in [1.82, 2.24) is 10.2 Å². The Morgan fingerprint density at radius 3 is 2.19 bits per heavy atom. The molecule has 2 amide bonds. The predicted molar refractivity (Wildman–Crippen MR) is 148 cm³/mol. The molecule has 0 unspecified atom stereocenters. The summed E-state index contributed by atoms with van der Waals surface area (Å²) in [6.07, 6.45) is 2.06. The fraction of sp³-hybridized carbons (Fsp3) is 0.500. The van der Waals surface area contributed by atoms with Crippen LogP contribution < -0.4 is 14.4 Å². The third kappa shape index (κ3) is 9.72. The largest absolute Gasteiger partial charge is 0.494 e. The molecule has 1 atom stereocenters. The van der Waals surface area contributed by atoms with Crippen molar-refractivity contribution in [3.63, 3.8) is 0 Å². The lowest BCUT2D eigenvalue weighted by Crippen LogP contribution is -2.49. The van der Waals surface area contributed by atoms with Gasteiger partial charge in [-0.05, 0) is 55.5 Å². The van der Waals surface area contributed by atoms with E-state index in [0.29, 0.717) is 49.9 Å². The Bertz CT molecular complexity index is 1090. The van der Waals surface area contributed by atoms with Crippen LogP contribution in [0.15, 0.2) is 54.6 Å². The highest BCUT2D eigenvalue weighted by Crippen LogP contribution is 2.23. The van der Waals surface area contributed by atoms with Gasteiger partial charge in [-0.25, -0.2) is 8.42 Å². The molecule has 37 heavy (non-hydrogen) atoms. The van der Waals surface area contributed by atoms with E-state index in [1.807, 2.05) is 58.0 Å². The van der Waals surface area contributed by atoms with E-state index in [1.54, 1.807) is 29.2 Å². The van der Waals surface area contributed by atoms with Crippen LogP contribution in [0.2, 0.25) is 0 Å². The van der Waals surface area contributed by atoms with Gasteiger partial charge in [0.25, 0.3) is 0 Å². The van der Waals surface area contributed by atoms with E-state index >= 15 is 0 Å². The van der Waals surface area contributed by atoms with Gasteiger partial charge in [0.1, 0.15) is 11.8 Å². The highest BCUT2D eigenvalue weighted by molar-refractivity contribution is 7.92. The van der Waals surface area contributed by atoms with Crippen LogP contribution in [0.5, 0.6) is 5.75 Å². The average Bonchev–Trinajstić information content (AvgIpc) is 2.86. The van der Waals surface area contributed by atoms with Crippen LogP contribution in [-0.4, -0.2) is 57.1 Å². The maximum absolute atomic E-state index is 13.4. The Kier molecular flexibility index (Phi) is 11.9. The highest BCUT2D eigenvalue weighted by Gasteiger charge is 2.29. The SMILES string of the molecule is CCOc1ccc(N(CCCC(=O)N(Cc2ccccc2)[C@H](CC)C(=O)NCC(C)C)S(C)(=O)=O)cc1. The van der Waals surface area contributed by atoms with E-state index in [0.717, 1.165) is 11.8 Å². The van der Waals surface area contributed by atoms with E-state index in [1.165, 1.54) is 4.31 Å². The Labute approximate surface area is 222 Å². The van der Waals surface area contributed by atoms with E-state index in [4.69, 9.17) is 4.74 Å². The van der Waals surface area contributed by atoms with Crippen LogP contribution >= 0.6 is 0 Å². The maximum atomic E-state index is 13.4. The van der Waals surface area contributed by atoms with Gasteiger partial charge in [0.15, 0.2) is 0 Å². The van der Waals surface area contributed by atoms with Crippen molar-refractivity contribution >= 4 is 27.5 Å². The van der Waals surface area contributed by atoms with Gasteiger partial charge in [0, 0.05) is 26.1 Å². The molecule has 0 bridgehead atoms. The number of anilines is 1. The first-order valence-electron chi connectivity index (χ1n) is 12.9. The Morgan fingerprint density at radius 2 is 1.65 bits per heavy atom. The van der Waals surface area contributed by atoms with Gasteiger partial charge in [0.2, 0.25) is 21.8 Å². The minimum atomic E-state index is -3.56. The molecule has 0 heterocycles. The molecule has 0 aliphatic carbocycles. The summed E-state index contributed by atoms with van der Waals surface area (Å²) in [5, 5.41) is 2.95. The molecule has 0 aliphatic heterocycles. The molecule has 0 aliphatic rings. The van der Waals surface area contributed by atoms with Gasteiger partial charge in [-0.1, -0.05) is 51.1 Å². The van der Waals surface area contributed by atoms with Crippen LogP contribution in [0.4, 0.5) is 5.69 Å². The summed E-state index contributed by atoms with van der Waals surface area (Å²) in [6.45, 7) is 9.32. The van der Waals surface area contributed by atoms with Crippen molar-refractivity contribution < 1.29 is 22.7 Å². The predicted octanol–water partition coefficient (Wildman–Crippen LogP) is 4.21. The molecule has 1 N–H and O–H groups in total.